The van der Waals surface area contributed by atoms with Crippen molar-refractivity contribution in [3.05, 3.63) is 0 Å². The third-order valence-electron chi connectivity index (χ3n) is 1.13. The number of rotatable bonds is 5. The number of thiocarbonyl (C=S) groups is 1. The van der Waals surface area contributed by atoms with Gasteiger partial charge in [0.1, 0.15) is 5.25 Å². The molecule has 0 aliphatic heterocycles. The van der Waals surface area contributed by atoms with E-state index in [1.54, 1.807) is 0 Å². The van der Waals surface area contributed by atoms with Gasteiger partial charge in [-0.3, -0.25) is 9.59 Å². The van der Waals surface area contributed by atoms with Gasteiger partial charge < -0.3 is 35.1 Å². The summed E-state index contributed by atoms with van der Waals surface area (Å²) in [6.45, 7) is 0. The summed E-state index contributed by atoms with van der Waals surface area (Å²) in [6.07, 6.45) is -0.159. The Kier molecular flexibility index (Phi) is 17.6. The van der Waals surface area contributed by atoms with Crippen LogP contribution in [0.15, 0.2) is 0 Å². The van der Waals surface area contributed by atoms with Crippen molar-refractivity contribution < 1.29 is 78.9 Å². The van der Waals surface area contributed by atoms with E-state index in [2.05, 4.69) is 24.8 Å². The first-order valence-corrected chi connectivity index (χ1v) is 4.95. The van der Waals surface area contributed by atoms with Crippen molar-refractivity contribution in [2.45, 2.75) is 18.1 Å². The molecule has 0 fully saturated rings. The van der Waals surface area contributed by atoms with Crippen LogP contribution in [0.2, 0.25) is 0 Å². The van der Waals surface area contributed by atoms with E-state index >= 15 is 0 Å². The molecule has 0 aromatic heterocycles. The zero-order chi connectivity index (χ0) is 10.4. The molecule has 0 aromatic carbocycles. The number of hydrogen-bond acceptors (Lipinski definition) is 5. The summed E-state index contributed by atoms with van der Waals surface area (Å²) in [4.78, 5) is 20.7. The van der Waals surface area contributed by atoms with Crippen molar-refractivity contribution in [2.24, 2.45) is 0 Å². The van der Waals surface area contributed by atoms with E-state index < -0.39 is 17.2 Å². The second-order valence-corrected chi connectivity index (χ2v) is 4.93. The van der Waals surface area contributed by atoms with Gasteiger partial charge in [0.25, 0.3) is 0 Å². The maximum Gasteiger partial charge on any atom is 1.00 e. The van der Waals surface area contributed by atoms with Gasteiger partial charge in [-0.25, -0.2) is 0 Å². The Labute approximate surface area is 147 Å². The fraction of sp³-hybridized carbons (Fsp3) is 0.500. The fourth-order valence-corrected chi connectivity index (χ4v) is 1.87. The molecular formula is C6H7Na2O4S3+. The first kappa shape index (κ1) is 21.8. The zero-order valence-electron chi connectivity index (χ0n) is 8.43. The van der Waals surface area contributed by atoms with E-state index in [9.17, 15) is 9.59 Å². The van der Waals surface area contributed by atoms with Crippen LogP contribution in [0.5, 0.6) is 0 Å². The first-order chi connectivity index (χ1) is 5.93. The van der Waals surface area contributed by atoms with Crippen LogP contribution >= 0.6 is 24.0 Å². The molecule has 0 bridgehead atoms. The third kappa shape index (κ3) is 13.5. The van der Waals surface area contributed by atoms with Gasteiger partial charge in [-0.15, -0.1) is 11.8 Å². The van der Waals surface area contributed by atoms with Gasteiger partial charge in [-0.1, -0.05) is 3.53 Å². The Morgan fingerprint density at radius 3 is 2.07 bits per heavy atom. The van der Waals surface area contributed by atoms with E-state index in [0.29, 0.717) is 0 Å². The van der Waals surface area contributed by atoms with E-state index in [-0.39, 0.29) is 75.5 Å². The topological polar surface area (TPSA) is 74.6 Å². The molecule has 0 saturated heterocycles. The predicted molar refractivity (Wildman–Crippen MR) is 55.8 cm³/mol. The summed E-state index contributed by atoms with van der Waals surface area (Å²) in [5.74, 6) is -2.11. The number of hydrogen-bond donors (Lipinski definition) is 2. The smallest absolute Gasteiger partial charge is 0.481 e. The molecule has 0 aliphatic carbocycles. The van der Waals surface area contributed by atoms with E-state index in [1.807, 2.05) is 0 Å². The van der Waals surface area contributed by atoms with Gasteiger partial charge in [0.05, 0.1) is 0 Å². The van der Waals surface area contributed by atoms with Crippen molar-refractivity contribution in [2.75, 3.05) is 0 Å². The Bertz CT molecular complexity index is 236. The van der Waals surface area contributed by atoms with Crippen LogP contribution in [-0.4, -0.2) is 30.9 Å². The van der Waals surface area contributed by atoms with Gasteiger partial charge >= 0.3 is 71.1 Å². The maximum atomic E-state index is 10.5. The molecule has 74 valence electrons. The molecule has 0 radical (unpaired) electrons. The molecule has 4 nitrogen and oxygen atoms in total. The standard InChI is InChI=1S/C6H8O4S3.2Na/c7-4(8)2-1-3(5(9)10)13-6(11)12;;/h3H,1-2H2,(H,7,8)(H,9,10)(H,11,12);;/q;2*+1/p-1. The van der Waals surface area contributed by atoms with Gasteiger partial charge in [0.2, 0.25) is 0 Å². The number of carboxylic acid groups (broad SMARTS) is 2. The van der Waals surface area contributed by atoms with Gasteiger partial charge in [0.15, 0.2) is 0 Å². The monoisotopic (exact) mass is 285 g/mol. The molecule has 0 aromatic rings. The van der Waals surface area contributed by atoms with Crippen molar-refractivity contribution >= 4 is 52.1 Å². The minimum atomic E-state index is -1.08. The number of aliphatic carboxylic acids is 2. The molecule has 0 rings (SSSR count). The summed E-state index contributed by atoms with van der Waals surface area (Å²) < 4.78 is 0.0952. The van der Waals surface area contributed by atoms with Crippen LogP contribution in [0.1, 0.15) is 12.8 Å². The Morgan fingerprint density at radius 2 is 1.80 bits per heavy atom. The first-order valence-electron chi connectivity index (χ1n) is 3.25. The SMILES string of the molecule is O=C(O)CCC(SC(=S)[S-])C(=O)O.[Na+].[Na+]. The van der Waals surface area contributed by atoms with Crippen LogP contribution in [0.3, 0.4) is 0 Å². The third-order valence-corrected chi connectivity index (χ3v) is 2.63. The van der Waals surface area contributed by atoms with Gasteiger partial charge in [-0.2, -0.15) is 0 Å². The van der Waals surface area contributed by atoms with Crippen LogP contribution in [0.4, 0.5) is 0 Å². The molecule has 15 heavy (non-hydrogen) atoms. The largest absolute Gasteiger partial charge is 1.00 e. The zero-order valence-corrected chi connectivity index (χ0v) is 14.9. The molecular weight excluding hydrogens is 278 g/mol. The average molecular weight is 285 g/mol. The molecule has 0 heterocycles. The van der Waals surface area contributed by atoms with E-state index in [0.717, 1.165) is 11.8 Å². The van der Waals surface area contributed by atoms with Crippen molar-refractivity contribution in [1.82, 2.24) is 0 Å². The minimum Gasteiger partial charge on any atom is -0.481 e. The molecule has 1 atom stereocenters. The van der Waals surface area contributed by atoms with Crippen LogP contribution in [0, 0.1) is 0 Å². The van der Waals surface area contributed by atoms with Crippen LogP contribution in [-0.2, 0) is 22.2 Å². The minimum absolute atomic E-state index is 0. The van der Waals surface area contributed by atoms with Gasteiger partial charge in [0, 0.05) is 6.42 Å². The molecule has 1 unspecified atom stereocenters. The molecule has 0 aliphatic rings. The van der Waals surface area contributed by atoms with Crippen LogP contribution < -0.4 is 59.1 Å². The molecule has 0 saturated carbocycles. The van der Waals surface area contributed by atoms with Crippen molar-refractivity contribution in [1.29, 1.82) is 0 Å². The van der Waals surface area contributed by atoms with Crippen LogP contribution in [0.25, 0.3) is 0 Å². The van der Waals surface area contributed by atoms with Crippen molar-refractivity contribution in [3.8, 4) is 0 Å². The maximum absolute atomic E-state index is 10.5. The Hall–Kier alpha value is 1.60. The summed E-state index contributed by atoms with van der Waals surface area (Å²) >= 11 is 9.91. The second kappa shape index (κ2) is 12.1. The summed E-state index contributed by atoms with van der Waals surface area (Å²) in [7, 11) is 0. The molecule has 0 amide bonds. The number of carboxylic acids is 2. The Morgan fingerprint density at radius 1 is 1.33 bits per heavy atom. The fourth-order valence-electron chi connectivity index (χ4n) is 0.604. The predicted octanol–water partition coefficient (Wildman–Crippen LogP) is -5.12. The van der Waals surface area contributed by atoms with E-state index in [4.69, 9.17) is 10.2 Å². The summed E-state index contributed by atoms with van der Waals surface area (Å²) in [5, 5.41) is 16.1. The quantitative estimate of drug-likeness (QED) is 0.297. The number of thioether (sulfide) groups is 1. The number of carbonyl (C=O) groups is 2. The molecule has 9 heteroatoms. The second-order valence-electron chi connectivity index (χ2n) is 2.13. The van der Waals surface area contributed by atoms with E-state index in [1.165, 1.54) is 0 Å². The summed E-state index contributed by atoms with van der Waals surface area (Å²) in [6, 6.07) is 0. The molecule has 0 spiro atoms. The molecule has 2 N–H and O–H groups in total. The van der Waals surface area contributed by atoms with Crippen molar-refractivity contribution in [3.63, 3.8) is 0 Å². The van der Waals surface area contributed by atoms with Gasteiger partial charge in [-0.05, 0) is 6.42 Å². The average Bonchev–Trinajstić information content (AvgIpc) is 1.96. The summed E-state index contributed by atoms with van der Waals surface area (Å²) in [5.41, 5.74) is 0. The Balaban J connectivity index is -0.000000720. The normalized spacial score (nSPS) is 10.4.